The highest BCUT2D eigenvalue weighted by atomic mass is 19.4. The fourth-order valence-corrected chi connectivity index (χ4v) is 2.37. The molecule has 0 aliphatic heterocycles. The quantitative estimate of drug-likeness (QED) is 0.642. The van der Waals surface area contributed by atoms with Gasteiger partial charge in [0.25, 0.3) is 0 Å². The Hall–Kier alpha value is -3.23. The molecular weight excluding hydrogens is 375 g/mol. The molecular formula is C19H20F3N3O3. The summed E-state index contributed by atoms with van der Waals surface area (Å²) in [5.41, 5.74) is -0.480. The summed E-state index contributed by atoms with van der Waals surface area (Å²) in [5, 5.41) is 6.87. The van der Waals surface area contributed by atoms with Gasteiger partial charge < -0.3 is 20.7 Å². The summed E-state index contributed by atoms with van der Waals surface area (Å²) < 4.78 is 45.2. The molecule has 28 heavy (non-hydrogen) atoms. The Labute approximate surface area is 160 Å². The molecule has 0 radical (unpaired) electrons. The molecule has 0 spiro atoms. The van der Waals surface area contributed by atoms with E-state index in [2.05, 4.69) is 16.0 Å². The Balaban J connectivity index is 1.94. The number of ether oxygens (including phenoxy) is 1. The van der Waals surface area contributed by atoms with Gasteiger partial charge in [-0.2, -0.15) is 13.2 Å². The van der Waals surface area contributed by atoms with Gasteiger partial charge in [-0.05, 0) is 42.8 Å². The average Bonchev–Trinajstić information content (AvgIpc) is 2.59. The maximum Gasteiger partial charge on any atom is 0.418 e. The Bertz CT molecular complexity index is 854. The lowest BCUT2D eigenvalue weighted by atomic mass is 10.1. The number of urea groups is 1. The molecule has 0 atom stereocenters. The van der Waals surface area contributed by atoms with Crippen molar-refractivity contribution in [1.29, 1.82) is 0 Å². The number of hydrogen-bond acceptors (Lipinski definition) is 3. The highest BCUT2D eigenvalue weighted by molar-refractivity contribution is 5.92. The summed E-state index contributed by atoms with van der Waals surface area (Å²) in [6.07, 6.45) is -4.70. The lowest BCUT2D eigenvalue weighted by molar-refractivity contribution is -0.137. The molecule has 2 rings (SSSR count). The number of anilines is 2. The maximum absolute atomic E-state index is 13.2. The van der Waals surface area contributed by atoms with Crippen molar-refractivity contribution in [2.75, 3.05) is 23.8 Å². The summed E-state index contributed by atoms with van der Waals surface area (Å²) in [6, 6.07) is 9.64. The number of halogens is 3. The van der Waals surface area contributed by atoms with E-state index in [4.69, 9.17) is 4.74 Å². The molecule has 150 valence electrons. The van der Waals surface area contributed by atoms with Crippen LogP contribution in [0.1, 0.15) is 18.1 Å². The Morgan fingerprint density at radius 3 is 2.46 bits per heavy atom. The largest absolute Gasteiger partial charge is 0.492 e. The van der Waals surface area contributed by atoms with Crippen molar-refractivity contribution in [2.24, 2.45) is 0 Å². The fourth-order valence-electron chi connectivity index (χ4n) is 2.37. The van der Waals surface area contributed by atoms with Crippen LogP contribution in [0.25, 0.3) is 0 Å². The van der Waals surface area contributed by atoms with Gasteiger partial charge >= 0.3 is 12.2 Å². The zero-order valence-corrected chi connectivity index (χ0v) is 15.3. The maximum atomic E-state index is 13.2. The van der Waals surface area contributed by atoms with Crippen LogP contribution in [0.3, 0.4) is 0 Å². The van der Waals surface area contributed by atoms with Gasteiger partial charge in [0.2, 0.25) is 5.91 Å². The molecule has 0 aliphatic rings. The molecule has 2 aromatic carbocycles. The number of rotatable bonds is 6. The van der Waals surface area contributed by atoms with Gasteiger partial charge in [-0.1, -0.05) is 12.1 Å². The Morgan fingerprint density at radius 2 is 1.82 bits per heavy atom. The van der Waals surface area contributed by atoms with Gasteiger partial charge in [0, 0.05) is 12.6 Å². The topological polar surface area (TPSA) is 79.5 Å². The molecule has 0 fully saturated rings. The summed E-state index contributed by atoms with van der Waals surface area (Å²) in [4.78, 5) is 22.9. The van der Waals surface area contributed by atoms with E-state index in [1.165, 1.54) is 13.0 Å². The van der Waals surface area contributed by atoms with Crippen molar-refractivity contribution in [3.8, 4) is 5.75 Å². The number of carbonyl (C=O) groups is 2. The normalized spacial score (nSPS) is 10.9. The molecule has 2 aromatic rings. The summed E-state index contributed by atoms with van der Waals surface area (Å²) in [5.74, 6) is 0.135. The highest BCUT2D eigenvalue weighted by Gasteiger charge is 2.34. The summed E-state index contributed by atoms with van der Waals surface area (Å²) >= 11 is 0. The molecule has 0 saturated heterocycles. The lowest BCUT2D eigenvalue weighted by Crippen LogP contribution is -2.32. The van der Waals surface area contributed by atoms with Crippen LogP contribution < -0.4 is 20.7 Å². The third-order valence-electron chi connectivity index (χ3n) is 3.54. The number of alkyl halides is 3. The molecule has 0 saturated carbocycles. The van der Waals surface area contributed by atoms with E-state index in [9.17, 15) is 22.8 Å². The van der Waals surface area contributed by atoms with Gasteiger partial charge in [-0.25, -0.2) is 4.79 Å². The van der Waals surface area contributed by atoms with Crippen LogP contribution >= 0.6 is 0 Å². The van der Waals surface area contributed by atoms with E-state index in [0.717, 1.165) is 17.7 Å². The second-order valence-corrected chi connectivity index (χ2v) is 5.99. The van der Waals surface area contributed by atoms with Crippen LogP contribution in [0.4, 0.5) is 29.3 Å². The van der Waals surface area contributed by atoms with Gasteiger partial charge in [0.05, 0.1) is 17.8 Å². The minimum absolute atomic E-state index is 0.0164. The number of hydrogen-bond donors (Lipinski definition) is 3. The monoisotopic (exact) mass is 395 g/mol. The van der Waals surface area contributed by atoms with Crippen LogP contribution in [-0.4, -0.2) is 25.1 Å². The zero-order chi connectivity index (χ0) is 20.7. The molecule has 0 unspecified atom stereocenters. The van der Waals surface area contributed by atoms with Crippen LogP contribution in [0.5, 0.6) is 5.75 Å². The second kappa shape index (κ2) is 9.12. The van der Waals surface area contributed by atoms with Crippen LogP contribution in [0.15, 0.2) is 42.5 Å². The average molecular weight is 395 g/mol. The SMILES string of the molecule is CC(=O)Nc1ccc(NC(=O)NCCOc2cccc(C)c2)c(C(F)(F)F)c1. The third kappa shape index (κ3) is 6.49. The summed E-state index contributed by atoms with van der Waals surface area (Å²) in [7, 11) is 0. The van der Waals surface area contributed by atoms with E-state index in [1.54, 1.807) is 6.07 Å². The molecule has 6 nitrogen and oxygen atoms in total. The number of benzene rings is 2. The molecule has 0 heterocycles. The van der Waals surface area contributed by atoms with Crippen LogP contribution in [-0.2, 0) is 11.0 Å². The van der Waals surface area contributed by atoms with E-state index in [-0.39, 0.29) is 18.8 Å². The Kier molecular flexibility index (Phi) is 6.86. The molecule has 0 aromatic heterocycles. The first-order chi connectivity index (χ1) is 13.1. The van der Waals surface area contributed by atoms with Crippen LogP contribution in [0.2, 0.25) is 0 Å². The number of carbonyl (C=O) groups excluding carboxylic acids is 2. The van der Waals surface area contributed by atoms with Gasteiger partial charge in [-0.3, -0.25) is 4.79 Å². The third-order valence-corrected chi connectivity index (χ3v) is 3.54. The van der Waals surface area contributed by atoms with Crippen LogP contribution in [0, 0.1) is 6.92 Å². The zero-order valence-electron chi connectivity index (χ0n) is 15.3. The van der Waals surface area contributed by atoms with Crippen molar-refractivity contribution < 1.29 is 27.5 Å². The molecule has 3 amide bonds. The van der Waals surface area contributed by atoms with Gasteiger partial charge in [-0.15, -0.1) is 0 Å². The van der Waals surface area contributed by atoms with Crippen molar-refractivity contribution in [3.05, 3.63) is 53.6 Å². The van der Waals surface area contributed by atoms with Crippen molar-refractivity contribution in [1.82, 2.24) is 5.32 Å². The van der Waals surface area contributed by atoms with Crippen molar-refractivity contribution in [3.63, 3.8) is 0 Å². The van der Waals surface area contributed by atoms with E-state index in [1.807, 2.05) is 25.1 Å². The molecule has 0 aliphatic carbocycles. The first-order valence-electron chi connectivity index (χ1n) is 8.38. The first-order valence-corrected chi connectivity index (χ1v) is 8.38. The smallest absolute Gasteiger partial charge is 0.418 e. The minimum atomic E-state index is -4.70. The first kappa shape index (κ1) is 21.1. The lowest BCUT2D eigenvalue weighted by Gasteiger charge is -2.16. The van der Waals surface area contributed by atoms with Gasteiger partial charge in [0.1, 0.15) is 12.4 Å². The van der Waals surface area contributed by atoms with Crippen molar-refractivity contribution >= 4 is 23.3 Å². The summed E-state index contributed by atoms with van der Waals surface area (Å²) in [6.45, 7) is 3.36. The molecule has 0 bridgehead atoms. The predicted molar refractivity (Wildman–Crippen MR) is 99.4 cm³/mol. The Morgan fingerprint density at radius 1 is 1.07 bits per heavy atom. The van der Waals surface area contributed by atoms with Crippen molar-refractivity contribution in [2.45, 2.75) is 20.0 Å². The minimum Gasteiger partial charge on any atom is -0.492 e. The number of aryl methyl sites for hydroxylation is 1. The standard InChI is InChI=1S/C19H20F3N3O3/c1-12-4-3-5-15(10-12)28-9-8-23-18(27)25-17-7-6-14(24-13(2)26)11-16(17)19(20,21)22/h3-7,10-11H,8-9H2,1-2H3,(H,24,26)(H2,23,25,27). The fraction of sp³-hybridized carbons (Fsp3) is 0.263. The van der Waals surface area contributed by atoms with E-state index in [0.29, 0.717) is 5.75 Å². The molecule has 3 N–H and O–H groups in total. The second-order valence-electron chi connectivity index (χ2n) is 5.99. The highest BCUT2D eigenvalue weighted by Crippen LogP contribution is 2.36. The van der Waals surface area contributed by atoms with Gasteiger partial charge in [0.15, 0.2) is 0 Å². The molecule has 9 heteroatoms. The number of amides is 3. The number of nitrogens with one attached hydrogen (secondary N) is 3. The predicted octanol–water partition coefficient (Wildman–Crippen LogP) is 4.17. The van der Waals surface area contributed by atoms with E-state index >= 15 is 0 Å². The van der Waals surface area contributed by atoms with E-state index < -0.39 is 29.4 Å².